The van der Waals surface area contributed by atoms with Crippen LogP contribution in [0.3, 0.4) is 0 Å². The smallest absolute Gasteiger partial charge is 0.311 e. The fourth-order valence-electron chi connectivity index (χ4n) is 8.00. The van der Waals surface area contributed by atoms with Gasteiger partial charge in [0.1, 0.15) is 5.75 Å². The number of likely N-dealkylation sites (tertiary alicyclic amines) is 1. The summed E-state index contributed by atoms with van der Waals surface area (Å²) in [5, 5.41) is 0. The first-order chi connectivity index (χ1) is 18.0. The zero-order valence-electron chi connectivity index (χ0n) is 23.3. The molecule has 1 aliphatic heterocycles. The van der Waals surface area contributed by atoms with Crippen molar-refractivity contribution in [2.24, 2.45) is 5.41 Å². The number of benzene rings is 2. The molecule has 1 saturated heterocycles. The van der Waals surface area contributed by atoms with Gasteiger partial charge in [-0.1, -0.05) is 87.8 Å². The van der Waals surface area contributed by atoms with Crippen LogP contribution in [0, 0.1) is 12.3 Å². The van der Waals surface area contributed by atoms with Gasteiger partial charge in [0.15, 0.2) is 0 Å². The highest BCUT2D eigenvalue weighted by molar-refractivity contribution is 5.72. The quantitative estimate of drug-likeness (QED) is 0.176. The number of hydrogen-bond acceptors (Lipinski definition) is 3. The maximum Gasteiger partial charge on any atom is 0.311 e. The third-order valence-electron chi connectivity index (χ3n) is 9.83. The summed E-state index contributed by atoms with van der Waals surface area (Å²) in [5.41, 5.74) is 6.51. The zero-order chi connectivity index (χ0) is 25.7. The van der Waals surface area contributed by atoms with Gasteiger partial charge in [-0.3, -0.25) is 9.69 Å². The lowest BCUT2D eigenvalue weighted by molar-refractivity contribution is -0.134. The first-order valence-electron chi connectivity index (χ1n) is 15.2. The van der Waals surface area contributed by atoms with E-state index in [1.54, 1.807) is 5.56 Å². The minimum atomic E-state index is -0.0675. The van der Waals surface area contributed by atoms with Crippen LogP contribution in [0.25, 0.3) is 0 Å². The third kappa shape index (κ3) is 5.67. The van der Waals surface area contributed by atoms with Gasteiger partial charge in [0, 0.05) is 24.9 Å². The summed E-state index contributed by atoms with van der Waals surface area (Å²) in [6.45, 7) is 7.90. The fourth-order valence-corrected chi connectivity index (χ4v) is 8.00. The van der Waals surface area contributed by atoms with Crippen molar-refractivity contribution in [3.05, 3.63) is 64.7 Å². The second-order valence-electron chi connectivity index (χ2n) is 12.3. The molecule has 2 fully saturated rings. The largest absolute Gasteiger partial charge is 0.427 e. The number of hydrogen-bond donors (Lipinski definition) is 0. The van der Waals surface area contributed by atoms with Gasteiger partial charge in [-0.05, 0) is 86.2 Å². The van der Waals surface area contributed by atoms with E-state index in [1.807, 2.05) is 0 Å². The molecule has 0 bridgehead atoms. The van der Waals surface area contributed by atoms with Crippen LogP contribution in [0.5, 0.6) is 5.75 Å². The molecule has 0 N–H and O–H groups in total. The van der Waals surface area contributed by atoms with Crippen LogP contribution in [0.2, 0.25) is 0 Å². The molecular formula is C34H47NO2. The van der Waals surface area contributed by atoms with Crippen molar-refractivity contribution >= 4 is 5.97 Å². The van der Waals surface area contributed by atoms with Crippen LogP contribution >= 0.6 is 0 Å². The van der Waals surface area contributed by atoms with Crippen molar-refractivity contribution in [3.8, 4) is 5.75 Å². The second-order valence-corrected chi connectivity index (χ2v) is 12.3. The summed E-state index contributed by atoms with van der Waals surface area (Å²) in [6, 6.07) is 15.6. The molecule has 5 rings (SSSR count). The van der Waals surface area contributed by atoms with E-state index in [0.29, 0.717) is 17.3 Å². The number of esters is 1. The Hall–Kier alpha value is -2.13. The van der Waals surface area contributed by atoms with Crippen LogP contribution in [0.4, 0.5) is 0 Å². The van der Waals surface area contributed by atoms with E-state index < -0.39 is 0 Å². The molecule has 1 heterocycles. The Kier molecular flexibility index (Phi) is 8.39. The molecule has 2 atom stereocenters. The van der Waals surface area contributed by atoms with Crippen molar-refractivity contribution < 1.29 is 9.53 Å². The molecule has 0 radical (unpaired) electrons. The Morgan fingerprint density at radius 1 is 0.946 bits per heavy atom. The van der Waals surface area contributed by atoms with E-state index in [1.165, 1.54) is 94.0 Å². The van der Waals surface area contributed by atoms with Crippen LogP contribution in [-0.4, -0.2) is 24.0 Å². The minimum Gasteiger partial charge on any atom is -0.427 e. The first kappa shape index (κ1) is 26.5. The monoisotopic (exact) mass is 501 g/mol. The van der Waals surface area contributed by atoms with Gasteiger partial charge in [0.2, 0.25) is 0 Å². The molecule has 2 aliphatic carbocycles. The lowest BCUT2D eigenvalue weighted by Gasteiger charge is -2.57. The lowest BCUT2D eigenvalue weighted by Crippen LogP contribution is -2.57. The van der Waals surface area contributed by atoms with Crippen LogP contribution in [-0.2, 0) is 23.2 Å². The molecule has 1 saturated carbocycles. The number of piperidine rings is 1. The van der Waals surface area contributed by atoms with Crippen molar-refractivity contribution in [3.63, 3.8) is 0 Å². The number of carbonyl (C=O) groups excluding carboxylic acids is 1. The molecule has 2 aromatic rings. The Morgan fingerprint density at radius 3 is 2.62 bits per heavy atom. The first-order valence-corrected chi connectivity index (χ1v) is 15.2. The van der Waals surface area contributed by atoms with Crippen molar-refractivity contribution in [1.82, 2.24) is 4.90 Å². The molecule has 3 nitrogen and oxygen atoms in total. The summed E-state index contributed by atoms with van der Waals surface area (Å²) >= 11 is 0. The molecule has 3 heteroatoms. The Bertz CT molecular complexity index is 1080. The molecule has 200 valence electrons. The summed E-state index contributed by atoms with van der Waals surface area (Å²) in [6.07, 6.45) is 16.7. The molecular weight excluding hydrogens is 454 g/mol. The number of aryl methyl sites for hydroxylation is 2. The lowest BCUT2D eigenvalue weighted by atomic mass is 9.52. The van der Waals surface area contributed by atoms with E-state index in [0.717, 1.165) is 31.6 Å². The van der Waals surface area contributed by atoms with E-state index in [9.17, 15) is 4.79 Å². The average Bonchev–Trinajstić information content (AvgIpc) is 3.28. The van der Waals surface area contributed by atoms with Crippen molar-refractivity contribution in [2.45, 2.75) is 116 Å². The Balaban J connectivity index is 1.21. The van der Waals surface area contributed by atoms with Gasteiger partial charge in [-0.2, -0.15) is 0 Å². The van der Waals surface area contributed by atoms with Gasteiger partial charge in [-0.25, -0.2) is 0 Å². The fraction of sp³-hybridized carbons (Fsp3) is 0.618. The summed E-state index contributed by atoms with van der Waals surface area (Å²) in [7, 11) is 0. The number of ether oxygens (including phenoxy) is 1. The zero-order valence-corrected chi connectivity index (χ0v) is 23.3. The summed E-state index contributed by atoms with van der Waals surface area (Å²) in [5.74, 6) is 0.688. The number of rotatable bonds is 11. The van der Waals surface area contributed by atoms with Crippen LogP contribution < -0.4 is 4.74 Å². The maximum absolute atomic E-state index is 12.5. The molecule has 0 amide bonds. The number of carbonyl (C=O) groups is 1. The van der Waals surface area contributed by atoms with Crippen LogP contribution in [0.1, 0.15) is 113 Å². The van der Waals surface area contributed by atoms with E-state index in [-0.39, 0.29) is 5.97 Å². The number of fused-ring (bicyclic) bond motifs is 1. The van der Waals surface area contributed by atoms with Crippen molar-refractivity contribution in [1.29, 1.82) is 0 Å². The van der Waals surface area contributed by atoms with Gasteiger partial charge in [-0.15, -0.1) is 0 Å². The van der Waals surface area contributed by atoms with Gasteiger partial charge < -0.3 is 4.74 Å². The minimum absolute atomic E-state index is 0.0675. The van der Waals surface area contributed by atoms with Gasteiger partial charge >= 0.3 is 5.97 Å². The summed E-state index contributed by atoms with van der Waals surface area (Å²) < 4.78 is 5.81. The van der Waals surface area contributed by atoms with Crippen LogP contribution in [0.15, 0.2) is 42.5 Å². The second kappa shape index (κ2) is 11.7. The van der Waals surface area contributed by atoms with Gasteiger partial charge in [0.25, 0.3) is 0 Å². The Morgan fingerprint density at radius 2 is 1.78 bits per heavy atom. The molecule has 0 aromatic heterocycles. The van der Waals surface area contributed by atoms with E-state index in [2.05, 4.69) is 61.2 Å². The molecule has 3 aliphatic rings. The normalized spacial score (nSPS) is 24.8. The average molecular weight is 502 g/mol. The predicted molar refractivity (Wildman–Crippen MR) is 152 cm³/mol. The Labute approximate surface area is 225 Å². The molecule has 37 heavy (non-hydrogen) atoms. The number of unbranched alkanes of at least 4 members (excludes halogenated alkanes) is 6. The van der Waals surface area contributed by atoms with Gasteiger partial charge in [0.05, 0.1) is 0 Å². The van der Waals surface area contributed by atoms with E-state index in [4.69, 9.17) is 4.74 Å². The highest BCUT2D eigenvalue weighted by Crippen LogP contribution is 2.63. The maximum atomic E-state index is 12.5. The SMILES string of the molecule is CCCCCCCCCC(=O)Oc1ccc2c(c1)CCC13CCCC21CCN(Cc1cccc(C)c1)C3. The summed E-state index contributed by atoms with van der Waals surface area (Å²) in [4.78, 5) is 15.2. The predicted octanol–water partition coefficient (Wildman–Crippen LogP) is 8.30. The molecule has 0 spiro atoms. The molecule has 2 unspecified atom stereocenters. The topological polar surface area (TPSA) is 29.5 Å². The highest BCUT2D eigenvalue weighted by atomic mass is 16.5. The molecule has 2 aromatic carbocycles. The third-order valence-corrected chi connectivity index (χ3v) is 9.83. The van der Waals surface area contributed by atoms with Crippen molar-refractivity contribution in [2.75, 3.05) is 13.1 Å². The number of nitrogens with zero attached hydrogens (tertiary/aromatic N) is 1. The van der Waals surface area contributed by atoms with E-state index >= 15 is 0 Å². The standard InChI is InChI=1S/C34H47NO2/c1-3-4-5-6-7-8-9-14-32(36)37-30-15-16-31-29(24-30)17-20-33-18-11-19-34(31,33)21-22-35(26-33)25-28-13-10-12-27(2)23-28/h10,12-13,15-16,23-24H,3-9,11,14,17-22,25-26H2,1-2H3. The highest BCUT2D eigenvalue weighted by Gasteiger charge is 2.59.